The fraction of sp³-hybridized carbons (Fsp3) is 0.438. The molecule has 1 unspecified atom stereocenters. The Balaban J connectivity index is 0.000000956. The fourth-order valence-corrected chi connectivity index (χ4v) is 2.24. The highest BCUT2D eigenvalue weighted by Gasteiger charge is 2.21. The van der Waals surface area contributed by atoms with Crippen LogP contribution in [0.5, 0.6) is 0 Å². The first-order valence-electron chi connectivity index (χ1n) is 6.97. The highest BCUT2D eigenvalue weighted by atomic mass is 35.5. The second-order valence-electron chi connectivity index (χ2n) is 4.32. The Morgan fingerprint density at radius 3 is 2.85 bits per heavy atom. The zero-order valence-corrected chi connectivity index (χ0v) is 12.8. The molecule has 0 aliphatic carbocycles. The predicted octanol–water partition coefficient (Wildman–Crippen LogP) is 2.72. The Bertz CT molecular complexity index is 488. The Morgan fingerprint density at radius 2 is 2.30 bits per heavy atom. The molecule has 1 saturated heterocycles. The van der Waals surface area contributed by atoms with Crippen molar-refractivity contribution in [3.05, 3.63) is 34.3 Å². The van der Waals surface area contributed by atoms with Crippen LogP contribution in [0.4, 0.5) is 0 Å². The molecule has 1 atom stereocenters. The van der Waals surface area contributed by atoms with E-state index < -0.39 is 0 Å². The van der Waals surface area contributed by atoms with Gasteiger partial charge < -0.3 is 10.6 Å². The minimum atomic E-state index is -0.0613. The quantitative estimate of drug-likeness (QED) is 0.841. The predicted molar refractivity (Wildman–Crippen MR) is 83.6 cm³/mol. The van der Waals surface area contributed by atoms with Gasteiger partial charge in [-0.15, -0.1) is 6.42 Å². The lowest BCUT2D eigenvalue weighted by molar-refractivity contribution is -0.122. The summed E-state index contributed by atoms with van der Waals surface area (Å²) in [7, 11) is 0. The van der Waals surface area contributed by atoms with Gasteiger partial charge in [0.2, 0.25) is 5.91 Å². The van der Waals surface area contributed by atoms with Gasteiger partial charge in [0.05, 0.1) is 6.04 Å². The van der Waals surface area contributed by atoms with Crippen LogP contribution in [0, 0.1) is 12.3 Å². The number of amides is 1. The highest BCUT2D eigenvalue weighted by molar-refractivity contribution is 6.31. The van der Waals surface area contributed by atoms with E-state index in [1.165, 1.54) is 0 Å². The summed E-state index contributed by atoms with van der Waals surface area (Å²) < 4.78 is 0. The summed E-state index contributed by atoms with van der Waals surface area (Å²) in [5.74, 6) is 2.55. The minimum Gasteiger partial charge on any atom is -0.351 e. The smallest absolute Gasteiger partial charge is 0.237 e. The number of hydrogen-bond acceptors (Lipinski definition) is 2. The average Bonchev–Trinajstić information content (AvgIpc) is 3.02. The lowest BCUT2D eigenvalue weighted by atomic mass is 10.1. The zero-order chi connectivity index (χ0) is 15.0. The summed E-state index contributed by atoms with van der Waals surface area (Å²) in [6.45, 7) is 5.34. The number of rotatable bonds is 3. The van der Waals surface area contributed by atoms with Crippen molar-refractivity contribution in [2.24, 2.45) is 0 Å². The standard InChI is InChI=1S/C14H15ClN2O.C2H6/c1-2-10-5-6-11(12(15)8-10)9-17-14(18)13-4-3-7-16-13;1-2/h1,5-6,8,13,16H,3-4,7,9H2,(H,17,18);1-2H3. The molecule has 1 aliphatic heterocycles. The molecule has 2 rings (SSSR count). The Hall–Kier alpha value is -1.50. The zero-order valence-electron chi connectivity index (χ0n) is 12.0. The molecule has 0 saturated carbocycles. The van der Waals surface area contributed by atoms with Gasteiger partial charge in [-0.25, -0.2) is 0 Å². The molecule has 20 heavy (non-hydrogen) atoms. The molecule has 1 aliphatic rings. The molecule has 108 valence electrons. The van der Waals surface area contributed by atoms with Gasteiger partial charge in [0.15, 0.2) is 0 Å². The first-order valence-corrected chi connectivity index (χ1v) is 7.34. The minimum absolute atomic E-state index is 0.0320. The van der Waals surface area contributed by atoms with Crippen LogP contribution < -0.4 is 10.6 Å². The number of terminal acetylenes is 1. The van der Waals surface area contributed by atoms with E-state index in [1.807, 2.05) is 26.0 Å². The van der Waals surface area contributed by atoms with Crippen LogP contribution in [0.3, 0.4) is 0 Å². The Morgan fingerprint density at radius 1 is 1.55 bits per heavy atom. The lowest BCUT2D eigenvalue weighted by Crippen LogP contribution is -2.40. The average molecular weight is 293 g/mol. The van der Waals surface area contributed by atoms with E-state index >= 15 is 0 Å². The van der Waals surface area contributed by atoms with Crippen molar-refractivity contribution in [1.29, 1.82) is 0 Å². The van der Waals surface area contributed by atoms with Crippen molar-refractivity contribution >= 4 is 17.5 Å². The van der Waals surface area contributed by atoms with E-state index in [2.05, 4.69) is 16.6 Å². The van der Waals surface area contributed by atoms with Crippen LogP contribution in [0.15, 0.2) is 18.2 Å². The van der Waals surface area contributed by atoms with Crippen molar-refractivity contribution in [2.45, 2.75) is 39.3 Å². The maximum absolute atomic E-state index is 11.8. The van der Waals surface area contributed by atoms with Crippen molar-refractivity contribution in [3.63, 3.8) is 0 Å². The summed E-state index contributed by atoms with van der Waals surface area (Å²) in [4.78, 5) is 11.8. The van der Waals surface area contributed by atoms with Gasteiger partial charge in [0.1, 0.15) is 0 Å². The second-order valence-corrected chi connectivity index (χ2v) is 4.72. The molecule has 0 spiro atoms. The summed E-state index contributed by atoms with van der Waals surface area (Å²) in [6, 6.07) is 5.34. The van der Waals surface area contributed by atoms with Gasteiger partial charge in [0, 0.05) is 17.1 Å². The number of halogens is 1. The van der Waals surface area contributed by atoms with E-state index in [0.29, 0.717) is 11.6 Å². The third kappa shape index (κ3) is 4.56. The summed E-state index contributed by atoms with van der Waals surface area (Å²) in [6.07, 6.45) is 7.24. The topological polar surface area (TPSA) is 41.1 Å². The molecule has 1 fully saturated rings. The van der Waals surface area contributed by atoms with Crippen LogP contribution in [0.25, 0.3) is 0 Å². The van der Waals surface area contributed by atoms with Gasteiger partial charge >= 0.3 is 0 Å². The van der Waals surface area contributed by atoms with Crippen LogP contribution in [0.2, 0.25) is 5.02 Å². The molecule has 1 aromatic rings. The molecule has 1 aromatic carbocycles. The van der Waals surface area contributed by atoms with E-state index in [4.69, 9.17) is 18.0 Å². The molecule has 0 aromatic heterocycles. The number of hydrogen-bond donors (Lipinski definition) is 2. The highest BCUT2D eigenvalue weighted by Crippen LogP contribution is 2.17. The molecule has 2 N–H and O–H groups in total. The number of carbonyl (C=O) groups is 1. The van der Waals surface area contributed by atoms with E-state index in [1.54, 1.807) is 6.07 Å². The first kappa shape index (κ1) is 16.6. The first-order chi connectivity index (χ1) is 9.70. The summed E-state index contributed by atoms with van der Waals surface area (Å²) in [5.41, 5.74) is 1.62. The Labute approximate surface area is 126 Å². The van der Waals surface area contributed by atoms with Crippen molar-refractivity contribution in [3.8, 4) is 12.3 Å². The molecular weight excluding hydrogens is 272 g/mol. The summed E-state index contributed by atoms with van der Waals surface area (Å²) in [5, 5.41) is 6.62. The third-order valence-corrected chi connectivity index (χ3v) is 3.40. The summed E-state index contributed by atoms with van der Waals surface area (Å²) >= 11 is 6.09. The van der Waals surface area contributed by atoms with Crippen LogP contribution in [-0.4, -0.2) is 18.5 Å². The van der Waals surface area contributed by atoms with Crippen LogP contribution in [-0.2, 0) is 11.3 Å². The molecule has 3 nitrogen and oxygen atoms in total. The maximum Gasteiger partial charge on any atom is 0.237 e. The molecular formula is C16H21ClN2O. The lowest BCUT2D eigenvalue weighted by Gasteiger charge is -2.12. The third-order valence-electron chi connectivity index (χ3n) is 3.05. The number of benzene rings is 1. The van der Waals surface area contributed by atoms with Crippen LogP contribution in [0.1, 0.15) is 37.8 Å². The second kappa shape index (κ2) is 8.63. The van der Waals surface area contributed by atoms with Crippen molar-refractivity contribution < 1.29 is 4.79 Å². The molecule has 1 amide bonds. The largest absolute Gasteiger partial charge is 0.351 e. The molecule has 4 heteroatoms. The van der Waals surface area contributed by atoms with Gasteiger partial charge in [0.25, 0.3) is 0 Å². The van der Waals surface area contributed by atoms with Crippen LogP contribution >= 0.6 is 11.6 Å². The molecule has 0 bridgehead atoms. The van der Waals surface area contributed by atoms with Gasteiger partial charge in [-0.2, -0.15) is 0 Å². The molecule has 1 heterocycles. The van der Waals surface area contributed by atoms with Gasteiger partial charge in [-0.1, -0.05) is 37.4 Å². The Kier molecular flexibility index (Phi) is 7.14. The van der Waals surface area contributed by atoms with Crippen molar-refractivity contribution in [1.82, 2.24) is 10.6 Å². The van der Waals surface area contributed by atoms with E-state index in [-0.39, 0.29) is 11.9 Å². The van der Waals surface area contributed by atoms with E-state index in [9.17, 15) is 4.79 Å². The maximum atomic E-state index is 11.8. The number of nitrogens with one attached hydrogen (secondary N) is 2. The van der Waals surface area contributed by atoms with E-state index in [0.717, 1.165) is 30.5 Å². The van der Waals surface area contributed by atoms with Gasteiger partial charge in [-0.3, -0.25) is 4.79 Å². The van der Waals surface area contributed by atoms with Gasteiger partial charge in [-0.05, 0) is 37.1 Å². The number of carbonyl (C=O) groups excluding carboxylic acids is 1. The van der Waals surface area contributed by atoms with Crippen molar-refractivity contribution in [2.75, 3.05) is 6.54 Å². The fourth-order valence-electron chi connectivity index (χ4n) is 1.99. The monoisotopic (exact) mass is 292 g/mol. The molecule has 0 radical (unpaired) electrons. The SMILES string of the molecule is C#Cc1ccc(CNC(=O)C2CCCN2)c(Cl)c1.CC. The normalized spacial score (nSPS) is 16.8.